The molecule has 1 aliphatic heterocycles. The molecule has 4 rings (SSSR count). The fourth-order valence-corrected chi connectivity index (χ4v) is 2.93. The van der Waals surface area contributed by atoms with Gasteiger partial charge in [0, 0.05) is 10.6 Å². The molecule has 0 saturated carbocycles. The lowest BCUT2D eigenvalue weighted by atomic mass is 10.1. The van der Waals surface area contributed by atoms with Crippen LogP contribution in [-0.4, -0.2) is 19.0 Å². The number of ether oxygens (including phenoxy) is 3. The quantitative estimate of drug-likeness (QED) is 0.429. The Morgan fingerprint density at radius 2 is 1.97 bits per heavy atom. The highest BCUT2D eigenvalue weighted by atomic mass is 35.5. The molecule has 29 heavy (non-hydrogen) atoms. The first-order valence-electron chi connectivity index (χ1n) is 8.75. The normalized spacial score (nSPS) is 14.6. The molecular formula is C22H16ClNO5. The predicted molar refractivity (Wildman–Crippen MR) is 108 cm³/mol. The van der Waals surface area contributed by atoms with E-state index in [0.717, 1.165) is 5.56 Å². The Labute approximate surface area is 172 Å². The molecule has 1 aliphatic rings. The van der Waals surface area contributed by atoms with Gasteiger partial charge in [0.2, 0.25) is 0 Å². The van der Waals surface area contributed by atoms with E-state index in [-0.39, 0.29) is 11.6 Å². The third-order valence-electron chi connectivity index (χ3n) is 4.18. The van der Waals surface area contributed by atoms with Gasteiger partial charge in [0.15, 0.2) is 23.0 Å². The van der Waals surface area contributed by atoms with Crippen LogP contribution in [0.25, 0.3) is 6.08 Å². The van der Waals surface area contributed by atoms with Crippen LogP contribution in [0.3, 0.4) is 0 Å². The third kappa shape index (κ3) is 4.17. The van der Waals surface area contributed by atoms with Crippen molar-refractivity contribution in [1.29, 1.82) is 0 Å². The van der Waals surface area contributed by atoms with E-state index in [1.54, 1.807) is 43.5 Å². The SMILES string of the molecule is COc1cc(C=C2N=C(c3ccco3)OC2=O)ccc1OCc1ccccc1Cl. The van der Waals surface area contributed by atoms with Crippen molar-refractivity contribution < 1.29 is 23.4 Å². The minimum absolute atomic E-state index is 0.137. The molecule has 0 bridgehead atoms. The molecule has 2 aromatic carbocycles. The van der Waals surface area contributed by atoms with Gasteiger partial charge in [-0.15, -0.1) is 0 Å². The summed E-state index contributed by atoms with van der Waals surface area (Å²) in [6, 6.07) is 16.1. The zero-order chi connectivity index (χ0) is 20.2. The van der Waals surface area contributed by atoms with Crippen LogP contribution in [0.5, 0.6) is 11.5 Å². The highest BCUT2D eigenvalue weighted by molar-refractivity contribution is 6.31. The number of carbonyl (C=O) groups excluding carboxylic acids is 1. The number of cyclic esters (lactones) is 1. The first kappa shape index (κ1) is 18.8. The number of hydrogen-bond acceptors (Lipinski definition) is 6. The minimum atomic E-state index is -0.547. The number of esters is 1. The Kier molecular flexibility index (Phi) is 5.35. The lowest BCUT2D eigenvalue weighted by Crippen LogP contribution is -2.04. The lowest BCUT2D eigenvalue weighted by Gasteiger charge is -2.12. The molecule has 0 radical (unpaired) electrons. The van der Waals surface area contributed by atoms with Crippen LogP contribution >= 0.6 is 11.6 Å². The monoisotopic (exact) mass is 409 g/mol. The number of halogens is 1. The Morgan fingerprint density at radius 3 is 2.72 bits per heavy atom. The van der Waals surface area contributed by atoms with E-state index in [0.29, 0.717) is 34.5 Å². The summed E-state index contributed by atoms with van der Waals surface area (Å²) < 4.78 is 21.6. The second-order valence-corrected chi connectivity index (χ2v) is 6.51. The molecule has 6 nitrogen and oxygen atoms in total. The molecule has 3 aromatic rings. The number of rotatable bonds is 6. The maximum Gasteiger partial charge on any atom is 0.363 e. The van der Waals surface area contributed by atoms with E-state index in [9.17, 15) is 4.79 Å². The number of hydrogen-bond donors (Lipinski definition) is 0. The number of furan rings is 1. The molecule has 0 amide bonds. The molecule has 146 valence electrons. The molecule has 0 spiro atoms. The van der Waals surface area contributed by atoms with Crippen molar-refractivity contribution in [3.05, 3.63) is 88.5 Å². The topological polar surface area (TPSA) is 70.3 Å². The number of methoxy groups -OCH3 is 1. The van der Waals surface area contributed by atoms with Gasteiger partial charge in [-0.25, -0.2) is 9.79 Å². The zero-order valence-corrected chi connectivity index (χ0v) is 16.2. The van der Waals surface area contributed by atoms with Crippen molar-refractivity contribution in [2.75, 3.05) is 7.11 Å². The van der Waals surface area contributed by atoms with Crippen LogP contribution in [0, 0.1) is 0 Å². The summed E-state index contributed by atoms with van der Waals surface area (Å²) in [5, 5.41) is 0.637. The van der Waals surface area contributed by atoms with Gasteiger partial charge < -0.3 is 18.6 Å². The van der Waals surface area contributed by atoms with E-state index in [1.165, 1.54) is 6.26 Å². The van der Waals surface area contributed by atoms with Crippen molar-refractivity contribution in [3.8, 4) is 11.5 Å². The van der Waals surface area contributed by atoms with Crippen LogP contribution in [-0.2, 0) is 16.1 Å². The van der Waals surface area contributed by atoms with Gasteiger partial charge in [-0.1, -0.05) is 35.9 Å². The Bertz CT molecular complexity index is 1100. The van der Waals surface area contributed by atoms with Crippen LogP contribution in [0.15, 0.2) is 76.0 Å². The van der Waals surface area contributed by atoms with Gasteiger partial charge in [0.1, 0.15) is 6.61 Å². The molecule has 0 unspecified atom stereocenters. The van der Waals surface area contributed by atoms with E-state index in [1.807, 2.05) is 24.3 Å². The fourth-order valence-electron chi connectivity index (χ4n) is 2.74. The van der Waals surface area contributed by atoms with Gasteiger partial charge in [-0.05, 0) is 42.0 Å². The summed E-state index contributed by atoms with van der Waals surface area (Å²) in [5.74, 6) is 1.06. The number of carbonyl (C=O) groups is 1. The number of aliphatic imine (C=N–C) groups is 1. The van der Waals surface area contributed by atoms with Crippen molar-refractivity contribution in [2.24, 2.45) is 4.99 Å². The minimum Gasteiger partial charge on any atom is -0.493 e. The molecule has 2 heterocycles. The maximum absolute atomic E-state index is 12.1. The second-order valence-electron chi connectivity index (χ2n) is 6.10. The molecular weight excluding hydrogens is 394 g/mol. The van der Waals surface area contributed by atoms with E-state index < -0.39 is 5.97 Å². The number of benzene rings is 2. The summed E-state index contributed by atoms with van der Waals surface area (Å²) in [6.07, 6.45) is 3.10. The average Bonchev–Trinajstić information content (AvgIpc) is 3.38. The van der Waals surface area contributed by atoms with Crippen LogP contribution in [0.4, 0.5) is 0 Å². The lowest BCUT2D eigenvalue weighted by molar-refractivity contribution is -0.130. The molecule has 0 N–H and O–H groups in total. The predicted octanol–water partition coefficient (Wildman–Crippen LogP) is 4.87. The number of nitrogens with zero attached hydrogens (tertiary/aromatic N) is 1. The van der Waals surface area contributed by atoms with E-state index in [4.69, 9.17) is 30.2 Å². The highest BCUT2D eigenvalue weighted by Crippen LogP contribution is 2.31. The Hall–Kier alpha value is -3.51. The van der Waals surface area contributed by atoms with Crippen molar-refractivity contribution in [3.63, 3.8) is 0 Å². The van der Waals surface area contributed by atoms with Gasteiger partial charge in [-0.3, -0.25) is 0 Å². The summed E-state index contributed by atoms with van der Waals surface area (Å²) >= 11 is 6.17. The largest absolute Gasteiger partial charge is 0.493 e. The summed E-state index contributed by atoms with van der Waals surface area (Å²) in [6.45, 7) is 0.305. The Morgan fingerprint density at radius 1 is 1.10 bits per heavy atom. The highest BCUT2D eigenvalue weighted by Gasteiger charge is 2.25. The van der Waals surface area contributed by atoms with Crippen LogP contribution in [0.1, 0.15) is 16.9 Å². The van der Waals surface area contributed by atoms with Crippen molar-refractivity contribution in [1.82, 2.24) is 0 Å². The fraction of sp³-hybridized carbons (Fsp3) is 0.0909. The van der Waals surface area contributed by atoms with E-state index in [2.05, 4.69) is 4.99 Å². The van der Waals surface area contributed by atoms with Crippen molar-refractivity contribution >= 4 is 29.5 Å². The molecule has 0 atom stereocenters. The average molecular weight is 410 g/mol. The van der Waals surface area contributed by atoms with Crippen molar-refractivity contribution in [2.45, 2.75) is 6.61 Å². The van der Waals surface area contributed by atoms with Crippen LogP contribution in [0.2, 0.25) is 5.02 Å². The molecule has 0 fully saturated rings. The molecule has 7 heteroatoms. The van der Waals surface area contributed by atoms with Gasteiger partial charge >= 0.3 is 5.97 Å². The summed E-state index contributed by atoms with van der Waals surface area (Å²) in [4.78, 5) is 16.3. The van der Waals surface area contributed by atoms with Gasteiger partial charge in [0.05, 0.1) is 13.4 Å². The first-order valence-corrected chi connectivity index (χ1v) is 9.12. The van der Waals surface area contributed by atoms with Gasteiger partial charge in [-0.2, -0.15) is 0 Å². The van der Waals surface area contributed by atoms with E-state index >= 15 is 0 Å². The smallest absolute Gasteiger partial charge is 0.363 e. The van der Waals surface area contributed by atoms with Gasteiger partial charge in [0.25, 0.3) is 5.90 Å². The molecule has 0 saturated heterocycles. The second kappa shape index (κ2) is 8.24. The van der Waals surface area contributed by atoms with Crippen LogP contribution < -0.4 is 9.47 Å². The standard InChI is InChI=1S/C22H16ClNO5/c1-26-20-12-14(8-9-18(20)28-13-15-5-2-3-6-16(15)23)11-17-22(25)29-21(24-17)19-7-4-10-27-19/h2-12H,13H2,1H3. The molecule has 1 aromatic heterocycles. The molecule has 0 aliphatic carbocycles. The Balaban J connectivity index is 1.54. The maximum atomic E-state index is 12.1. The summed E-state index contributed by atoms with van der Waals surface area (Å²) in [5.41, 5.74) is 1.75. The zero-order valence-electron chi connectivity index (χ0n) is 15.4. The first-order chi connectivity index (χ1) is 14.1. The summed E-state index contributed by atoms with van der Waals surface area (Å²) in [7, 11) is 1.55. The third-order valence-corrected chi connectivity index (χ3v) is 4.55.